The summed E-state index contributed by atoms with van der Waals surface area (Å²) >= 11 is 3.36. The quantitative estimate of drug-likeness (QED) is 0.903. The molecule has 0 heterocycles. The summed E-state index contributed by atoms with van der Waals surface area (Å²) in [5.74, 6) is 0.678. The average Bonchev–Trinajstić information content (AvgIpc) is 3.08. The van der Waals surface area contributed by atoms with E-state index in [1.165, 1.54) is 12.8 Å². The Bertz CT molecular complexity index is 407. The molecule has 0 atom stereocenters. The number of carbonyl (C=O) groups is 1. The first-order valence-electron chi connectivity index (χ1n) is 6.07. The summed E-state index contributed by atoms with van der Waals surface area (Å²) in [5.41, 5.74) is 1.10. The molecule has 0 aromatic heterocycles. The topological polar surface area (TPSA) is 29.1 Å². The fraction of sp³-hybridized carbons (Fsp3) is 0.500. The molecule has 0 bridgehead atoms. The first-order chi connectivity index (χ1) is 8.03. The number of benzene rings is 1. The maximum absolute atomic E-state index is 11.9. The molecule has 0 spiro atoms. The molecular weight excluding hydrogens is 278 g/mol. The Morgan fingerprint density at radius 2 is 1.94 bits per heavy atom. The summed E-state index contributed by atoms with van der Waals surface area (Å²) in [6, 6.07) is 7.47. The molecule has 0 unspecified atom stereocenters. The van der Waals surface area contributed by atoms with E-state index in [9.17, 15) is 4.79 Å². The van der Waals surface area contributed by atoms with Crippen LogP contribution >= 0.6 is 15.9 Å². The van der Waals surface area contributed by atoms with Crippen molar-refractivity contribution >= 4 is 21.8 Å². The summed E-state index contributed by atoms with van der Waals surface area (Å²) < 4.78 is 0.995. The van der Waals surface area contributed by atoms with E-state index in [0.717, 1.165) is 16.6 Å². The summed E-state index contributed by atoms with van der Waals surface area (Å²) in [7, 11) is 0. The molecule has 1 fully saturated rings. The zero-order valence-corrected chi connectivity index (χ0v) is 11.9. The van der Waals surface area contributed by atoms with Gasteiger partial charge >= 0.3 is 0 Å². The summed E-state index contributed by atoms with van der Waals surface area (Å²) in [6.45, 7) is 5.27. The van der Waals surface area contributed by atoms with Crippen molar-refractivity contribution in [3.8, 4) is 0 Å². The molecule has 1 aliphatic carbocycles. The van der Waals surface area contributed by atoms with Gasteiger partial charge in [0.2, 0.25) is 0 Å². The molecule has 2 rings (SSSR count). The molecule has 1 aromatic carbocycles. The number of amides is 1. The van der Waals surface area contributed by atoms with Gasteiger partial charge in [0.25, 0.3) is 5.91 Å². The Balaban J connectivity index is 1.92. The van der Waals surface area contributed by atoms with Crippen LogP contribution in [0.25, 0.3) is 0 Å². The molecule has 1 amide bonds. The van der Waals surface area contributed by atoms with Crippen molar-refractivity contribution in [3.63, 3.8) is 0 Å². The van der Waals surface area contributed by atoms with Gasteiger partial charge < -0.3 is 5.32 Å². The van der Waals surface area contributed by atoms with Gasteiger partial charge in [-0.25, -0.2) is 0 Å². The second kappa shape index (κ2) is 4.81. The minimum absolute atomic E-state index is 0.0319. The molecule has 0 aliphatic heterocycles. The van der Waals surface area contributed by atoms with Crippen molar-refractivity contribution < 1.29 is 4.79 Å². The smallest absolute Gasteiger partial charge is 0.251 e. The van der Waals surface area contributed by atoms with Gasteiger partial charge in [-0.3, -0.25) is 4.79 Å². The third-order valence-electron chi connectivity index (χ3n) is 3.82. The van der Waals surface area contributed by atoms with Gasteiger partial charge in [0.15, 0.2) is 0 Å². The predicted molar refractivity (Wildman–Crippen MR) is 73.0 cm³/mol. The van der Waals surface area contributed by atoms with Crippen LogP contribution < -0.4 is 5.32 Å². The van der Waals surface area contributed by atoms with Gasteiger partial charge in [0, 0.05) is 16.6 Å². The van der Waals surface area contributed by atoms with Crippen molar-refractivity contribution in [2.75, 3.05) is 6.54 Å². The lowest BCUT2D eigenvalue weighted by molar-refractivity contribution is 0.0940. The number of rotatable bonds is 4. The maximum Gasteiger partial charge on any atom is 0.251 e. The normalized spacial score (nSPS) is 16.9. The zero-order valence-electron chi connectivity index (χ0n) is 10.3. The van der Waals surface area contributed by atoms with Crippen LogP contribution in [0, 0.1) is 11.3 Å². The van der Waals surface area contributed by atoms with Crippen LogP contribution in [0.4, 0.5) is 0 Å². The first kappa shape index (κ1) is 12.6. The van der Waals surface area contributed by atoms with E-state index in [2.05, 4.69) is 35.1 Å². The number of halogens is 1. The Kier molecular flexibility index (Phi) is 3.57. The third kappa shape index (κ3) is 2.89. The van der Waals surface area contributed by atoms with Crippen LogP contribution in [0.15, 0.2) is 28.7 Å². The fourth-order valence-electron chi connectivity index (χ4n) is 2.08. The molecule has 1 N–H and O–H groups in total. The fourth-order valence-corrected chi connectivity index (χ4v) is 2.34. The van der Waals surface area contributed by atoms with Crippen molar-refractivity contribution in [2.24, 2.45) is 11.3 Å². The van der Waals surface area contributed by atoms with Gasteiger partial charge in [-0.1, -0.05) is 29.8 Å². The van der Waals surface area contributed by atoms with Crippen molar-refractivity contribution in [2.45, 2.75) is 26.7 Å². The molecule has 2 nitrogen and oxygen atoms in total. The Morgan fingerprint density at radius 3 is 2.41 bits per heavy atom. The SMILES string of the molecule is CC(C)C1(CNC(=O)c2ccc(Br)cc2)CC1. The zero-order chi connectivity index (χ0) is 12.5. The van der Waals surface area contributed by atoms with E-state index >= 15 is 0 Å². The second-order valence-electron chi connectivity index (χ2n) is 5.21. The molecule has 1 saturated carbocycles. The molecule has 0 radical (unpaired) electrons. The van der Waals surface area contributed by atoms with E-state index in [1.807, 2.05) is 24.3 Å². The van der Waals surface area contributed by atoms with E-state index in [1.54, 1.807) is 0 Å². The van der Waals surface area contributed by atoms with Gasteiger partial charge in [-0.2, -0.15) is 0 Å². The van der Waals surface area contributed by atoms with Gasteiger partial charge in [0.05, 0.1) is 0 Å². The van der Waals surface area contributed by atoms with Crippen molar-refractivity contribution in [3.05, 3.63) is 34.3 Å². The van der Waals surface area contributed by atoms with Gasteiger partial charge in [-0.15, -0.1) is 0 Å². The molecule has 1 aliphatic rings. The lowest BCUT2D eigenvalue weighted by atomic mass is 9.92. The Hall–Kier alpha value is -0.830. The molecule has 17 heavy (non-hydrogen) atoms. The number of carbonyl (C=O) groups excluding carboxylic acids is 1. The monoisotopic (exact) mass is 295 g/mol. The highest BCUT2D eigenvalue weighted by atomic mass is 79.9. The van der Waals surface area contributed by atoms with Crippen LogP contribution in [-0.2, 0) is 0 Å². The van der Waals surface area contributed by atoms with Crippen molar-refractivity contribution in [1.29, 1.82) is 0 Å². The maximum atomic E-state index is 11.9. The van der Waals surface area contributed by atoms with E-state index in [4.69, 9.17) is 0 Å². The highest BCUT2D eigenvalue weighted by Crippen LogP contribution is 2.51. The van der Waals surface area contributed by atoms with Gasteiger partial charge in [-0.05, 0) is 48.4 Å². The highest BCUT2D eigenvalue weighted by Gasteiger charge is 2.45. The number of nitrogens with one attached hydrogen (secondary N) is 1. The lowest BCUT2D eigenvalue weighted by Crippen LogP contribution is -2.32. The van der Waals surface area contributed by atoms with Crippen molar-refractivity contribution in [1.82, 2.24) is 5.32 Å². The third-order valence-corrected chi connectivity index (χ3v) is 4.35. The highest BCUT2D eigenvalue weighted by molar-refractivity contribution is 9.10. The van der Waals surface area contributed by atoms with E-state index in [-0.39, 0.29) is 5.91 Å². The Labute approximate surface area is 111 Å². The lowest BCUT2D eigenvalue weighted by Gasteiger charge is -2.19. The van der Waals surface area contributed by atoms with Crippen LogP contribution in [0.3, 0.4) is 0 Å². The molecule has 0 saturated heterocycles. The summed E-state index contributed by atoms with van der Waals surface area (Å²) in [6.07, 6.45) is 2.48. The van der Waals surface area contributed by atoms with E-state index < -0.39 is 0 Å². The van der Waals surface area contributed by atoms with Crippen LogP contribution in [0.2, 0.25) is 0 Å². The second-order valence-corrected chi connectivity index (χ2v) is 6.12. The van der Waals surface area contributed by atoms with Crippen LogP contribution in [0.5, 0.6) is 0 Å². The van der Waals surface area contributed by atoms with E-state index in [0.29, 0.717) is 11.3 Å². The molecule has 92 valence electrons. The molecule has 3 heteroatoms. The first-order valence-corrected chi connectivity index (χ1v) is 6.87. The summed E-state index contributed by atoms with van der Waals surface area (Å²) in [4.78, 5) is 11.9. The minimum atomic E-state index is 0.0319. The number of hydrogen-bond acceptors (Lipinski definition) is 1. The summed E-state index contributed by atoms with van der Waals surface area (Å²) in [5, 5.41) is 3.05. The van der Waals surface area contributed by atoms with Crippen LogP contribution in [-0.4, -0.2) is 12.5 Å². The minimum Gasteiger partial charge on any atom is -0.351 e. The van der Waals surface area contributed by atoms with Crippen LogP contribution in [0.1, 0.15) is 37.0 Å². The number of hydrogen-bond donors (Lipinski definition) is 1. The average molecular weight is 296 g/mol. The molecule has 1 aromatic rings. The Morgan fingerprint density at radius 1 is 1.35 bits per heavy atom. The predicted octanol–water partition coefficient (Wildman–Crippen LogP) is 3.62. The molecular formula is C14H18BrNO. The van der Waals surface area contributed by atoms with Gasteiger partial charge in [0.1, 0.15) is 0 Å². The largest absolute Gasteiger partial charge is 0.351 e. The standard InChI is InChI=1S/C14H18BrNO/c1-10(2)14(7-8-14)9-16-13(17)11-3-5-12(15)6-4-11/h3-6,10H,7-9H2,1-2H3,(H,16,17).